The van der Waals surface area contributed by atoms with E-state index in [1.165, 1.54) is 0 Å². The maximum absolute atomic E-state index is 12.8. The van der Waals surface area contributed by atoms with Crippen molar-refractivity contribution in [3.05, 3.63) is 65.2 Å². The van der Waals surface area contributed by atoms with E-state index in [0.29, 0.717) is 11.6 Å². The van der Waals surface area contributed by atoms with Gasteiger partial charge >= 0.3 is 0 Å². The van der Waals surface area contributed by atoms with E-state index in [0.717, 1.165) is 11.3 Å². The molecule has 0 unspecified atom stereocenters. The van der Waals surface area contributed by atoms with E-state index in [-0.39, 0.29) is 36.7 Å². The average molecular weight is 410 g/mol. The van der Waals surface area contributed by atoms with Crippen LogP contribution in [0.1, 0.15) is 19.4 Å². The van der Waals surface area contributed by atoms with Crippen molar-refractivity contribution in [1.82, 2.24) is 5.32 Å². The largest absolute Gasteiger partial charge is 0.346 e. The summed E-state index contributed by atoms with van der Waals surface area (Å²) in [5.74, 6) is -0.535. The van der Waals surface area contributed by atoms with Gasteiger partial charge in [-0.3, -0.25) is 9.59 Å². The summed E-state index contributed by atoms with van der Waals surface area (Å²) in [6, 6.07) is 16.0. The number of anilines is 1. The normalized spacial score (nSPS) is 11.4. The Morgan fingerprint density at radius 2 is 1.67 bits per heavy atom. The Bertz CT molecular complexity index is 737. The topological polar surface area (TPSA) is 75.4 Å². The molecule has 0 aliphatic carbocycles. The third-order valence-corrected chi connectivity index (χ3v) is 4.31. The molecule has 0 aliphatic rings. The van der Waals surface area contributed by atoms with Crippen molar-refractivity contribution in [2.75, 3.05) is 11.4 Å². The summed E-state index contributed by atoms with van der Waals surface area (Å²) in [6.07, 6.45) is 0. The lowest BCUT2D eigenvalue weighted by Gasteiger charge is -2.24. The molecule has 27 heavy (non-hydrogen) atoms. The van der Waals surface area contributed by atoms with E-state index < -0.39 is 6.04 Å². The number of hydrogen-bond acceptors (Lipinski definition) is 3. The summed E-state index contributed by atoms with van der Waals surface area (Å²) in [5, 5.41) is 3.27. The van der Waals surface area contributed by atoms with Gasteiger partial charge in [0.1, 0.15) is 0 Å². The van der Waals surface area contributed by atoms with Crippen molar-refractivity contribution in [3.63, 3.8) is 0 Å². The third kappa shape index (κ3) is 6.86. The standard InChI is InChI=1S/C20H24ClN3O2.ClH/c1-14(2)19(22)20(26)23-12-18(25)24(17-6-4-3-5-7-17)13-15-8-10-16(21)11-9-15;/h3-11,14,19H,12-13,22H2,1-2H3,(H,23,26);1H/t19-;/m0./s1. The van der Waals surface area contributed by atoms with Gasteiger partial charge in [-0.15, -0.1) is 12.4 Å². The first-order valence-corrected chi connectivity index (χ1v) is 8.89. The smallest absolute Gasteiger partial charge is 0.246 e. The lowest BCUT2D eigenvalue weighted by molar-refractivity contribution is -0.126. The molecule has 0 radical (unpaired) electrons. The molecule has 0 bridgehead atoms. The first-order valence-electron chi connectivity index (χ1n) is 8.51. The molecule has 2 amide bonds. The molecular weight excluding hydrogens is 385 g/mol. The van der Waals surface area contributed by atoms with E-state index in [1.54, 1.807) is 17.0 Å². The lowest BCUT2D eigenvalue weighted by Crippen LogP contribution is -2.47. The van der Waals surface area contributed by atoms with Gasteiger partial charge in [-0.2, -0.15) is 0 Å². The number of nitrogens with two attached hydrogens (primary N) is 1. The molecule has 0 spiro atoms. The van der Waals surface area contributed by atoms with Crippen LogP contribution < -0.4 is 16.0 Å². The number of amides is 2. The number of benzene rings is 2. The predicted octanol–water partition coefficient (Wildman–Crippen LogP) is 3.39. The van der Waals surface area contributed by atoms with Crippen molar-refractivity contribution >= 4 is 41.5 Å². The number of nitrogens with one attached hydrogen (secondary N) is 1. The molecule has 3 N–H and O–H groups in total. The van der Waals surface area contributed by atoms with Gasteiger partial charge in [0.25, 0.3) is 0 Å². The molecule has 5 nitrogen and oxygen atoms in total. The number of nitrogens with zero attached hydrogens (tertiary/aromatic N) is 1. The summed E-state index contributed by atoms with van der Waals surface area (Å²) < 4.78 is 0. The van der Waals surface area contributed by atoms with E-state index in [4.69, 9.17) is 17.3 Å². The van der Waals surface area contributed by atoms with E-state index in [9.17, 15) is 9.59 Å². The fraction of sp³-hybridized carbons (Fsp3) is 0.300. The van der Waals surface area contributed by atoms with Crippen LogP contribution in [-0.4, -0.2) is 24.4 Å². The highest BCUT2D eigenvalue weighted by molar-refractivity contribution is 6.30. The van der Waals surface area contributed by atoms with Crippen LogP contribution >= 0.6 is 24.0 Å². The molecule has 0 fully saturated rings. The van der Waals surface area contributed by atoms with Crippen LogP contribution in [0, 0.1) is 5.92 Å². The molecule has 7 heteroatoms. The van der Waals surface area contributed by atoms with Crippen LogP contribution in [0.5, 0.6) is 0 Å². The van der Waals surface area contributed by atoms with Gasteiger partial charge in [0.05, 0.1) is 19.1 Å². The van der Waals surface area contributed by atoms with Gasteiger partial charge in [0, 0.05) is 10.7 Å². The van der Waals surface area contributed by atoms with Crippen molar-refractivity contribution < 1.29 is 9.59 Å². The number of para-hydroxylation sites is 1. The number of carbonyl (C=O) groups is 2. The molecule has 2 aromatic carbocycles. The Balaban J connectivity index is 0.00000364. The molecule has 0 aliphatic heterocycles. The fourth-order valence-electron chi connectivity index (χ4n) is 2.38. The highest BCUT2D eigenvalue weighted by atomic mass is 35.5. The first kappa shape index (κ1) is 23.0. The highest BCUT2D eigenvalue weighted by Gasteiger charge is 2.20. The van der Waals surface area contributed by atoms with Gasteiger partial charge in [-0.1, -0.05) is 55.8 Å². The fourth-order valence-corrected chi connectivity index (χ4v) is 2.51. The van der Waals surface area contributed by atoms with Gasteiger partial charge in [-0.05, 0) is 35.7 Å². The predicted molar refractivity (Wildman–Crippen MR) is 112 cm³/mol. The zero-order valence-electron chi connectivity index (χ0n) is 15.4. The van der Waals surface area contributed by atoms with Gasteiger partial charge in [-0.25, -0.2) is 0 Å². The molecule has 0 saturated carbocycles. The second-order valence-electron chi connectivity index (χ2n) is 6.43. The minimum absolute atomic E-state index is 0. The van der Waals surface area contributed by atoms with Crippen LogP contribution in [0.15, 0.2) is 54.6 Å². The lowest BCUT2D eigenvalue weighted by atomic mass is 10.1. The van der Waals surface area contributed by atoms with Crippen LogP contribution in [0.4, 0.5) is 5.69 Å². The summed E-state index contributed by atoms with van der Waals surface area (Å²) in [4.78, 5) is 26.4. The minimum Gasteiger partial charge on any atom is -0.346 e. The SMILES string of the molecule is CC(C)[C@H](N)C(=O)NCC(=O)N(Cc1ccc(Cl)cc1)c1ccccc1.Cl. The van der Waals surface area contributed by atoms with Crippen molar-refractivity contribution in [3.8, 4) is 0 Å². The number of hydrogen-bond donors (Lipinski definition) is 2. The molecule has 2 aromatic rings. The van der Waals surface area contributed by atoms with E-state index >= 15 is 0 Å². The molecule has 2 rings (SSSR count). The Morgan fingerprint density at radius 3 is 2.22 bits per heavy atom. The Morgan fingerprint density at radius 1 is 1.07 bits per heavy atom. The zero-order valence-corrected chi connectivity index (χ0v) is 17.0. The minimum atomic E-state index is -0.635. The third-order valence-electron chi connectivity index (χ3n) is 4.06. The number of halogens is 2. The maximum atomic E-state index is 12.8. The Labute approximate surface area is 171 Å². The van der Waals surface area contributed by atoms with Gasteiger partial charge in [0.15, 0.2) is 0 Å². The van der Waals surface area contributed by atoms with Crippen LogP contribution in [0.2, 0.25) is 5.02 Å². The van der Waals surface area contributed by atoms with Crippen molar-refractivity contribution in [2.24, 2.45) is 11.7 Å². The number of carbonyl (C=O) groups excluding carboxylic acids is 2. The van der Waals surface area contributed by atoms with Crippen LogP contribution in [-0.2, 0) is 16.1 Å². The quantitative estimate of drug-likeness (QED) is 0.735. The van der Waals surface area contributed by atoms with Crippen LogP contribution in [0.3, 0.4) is 0 Å². The Hall–Kier alpha value is -2.08. The van der Waals surface area contributed by atoms with E-state index in [1.807, 2.05) is 56.3 Å². The molecule has 0 saturated heterocycles. The molecule has 146 valence electrons. The second-order valence-corrected chi connectivity index (χ2v) is 6.87. The van der Waals surface area contributed by atoms with E-state index in [2.05, 4.69) is 5.32 Å². The monoisotopic (exact) mass is 409 g/mol. The van der Waals surface area contributed by atoms with Crippen molar-refractivity contribution in [2.45, 2.75) is 26.4 Å². The summed E-state index contributed by atoms with van der Waals surface area (Å²) in [6.45, 7) is 4.00. The summed E-state index contributed by atoms with van der Waals surface area (Å²) in [7, 11) is 0. The summed E-state index contributed by atoms with van der Waals surface area (Å²) >= 11 is 5.93. The summed E-state index contributed by atoms with van der Waals surface area (Å²) in [5.41, 5.74) is 7.52. The molecular formula is C20H25Cl2N3O2. The molecule has 1 atom stereocenters. The van der Waals surface area contributed by atoms with Gasteiger partial charge < -0.3 is 16.0 Å². The zero-order chi connectivity index (χ0) is 19.1. The Kier molecular flexibility index (Phi) is 9.29. The van der Waals surface area contributed by atoms with Crippen LogP contribution in [0.25, 0.3) is 0 Å². The first-order chi connectivity index (χ1) is 12.4. The van der Waals surface area contributed by atoms with Crippen molar-refractivity contribution in [1.29, 1.82) is 0 Å². The van der Waals surface area contributed by atoms with Gasteiger partial charge in [0.2, 0.25) is 11.8 Å². The molecule has 0 aromatic heterocycles. The maximum Gasteiger partial charge on any atom is 0.246 e. The second kappa shape index (κ2) is 10.9. The molecule has 0 heterocycles. The number of rotatable bonds is 7. The average Bonchev–Trinajstić information content (AvgIpc) is 2.65. The highest BCUT2D eigenvalue weighted by Crippen LogP contribution is 2.18.